The molecule has 0 aliphatic rings. The molecule has 0 bridgehead atoms. The summed E-state index contributed by atoms with van der Waals surface area (Å²) < 4.78 is 5.18. The molecule has 0 saturated carbocycles. The van der Waals surface area contributed by atoms with Gasteiger partial charge in [-0.2, -0.15) is 0 Å². The highest BCUT2D eigenvalue weighted by atomic mass is 32.1. The van der Waals surface area contributed by atoms with E-state index in [-0.39, 0.29) is 6.04 Å². The van der Waals surface area contributed by atoms with Crippen molar-refractivity contribution in [3.05, 3.63) is 60.2 Å². The molecule has 4 heteroatoms. The standard InChI is InChI=1S/C16H18N2OS/c1-12(13-7-4-3-5-8-13)17-16(20)18-14-9-6-10-15(11-14)19-2/h3-12H,1-2H3,(H2,17,18,20)/t12-/m1/s1. The van der Waals surface area contributed by atoms with Crippen LogP contribution in [0.3, 0.4) is 0 Å². The molecule has 0 heterocycles. The summed E-state index contributed by atoms with van der Waals surface area (Å²) in [4.78, 5) is 0. The van der Waals surface area contributed by atoms with Crippen molar-refractivity contribution in [2.45, 2.75) is 13.0 Å². The number of hydrogen-bond acceptors (Lipinski definition) is 2. The Labute approximate surface area is 125 Å². The van der Waals surface area contributed by atoms with Crippen molar-refractivity contribution in [1.82, 2.24) is 5.32 Å². The van der Waals surface area contributed by atoms with E-state index >= 15 is 0 Å². The summed E-state index contributed by atoms with van der Waals surface area (Å²) in [6.45, 7) is 2.08. The molecular formula is C16H18N2OS. The van der Waals surface area contributed by atoms with Crippen LogP contribution in [0.4, 0.5) is 5.69 Å². The fraction of sp³-hybridized carbons (Fsp3) is 0.188. The highest BCUT2D eigenvalue weighted by Crippen LogP contribution is 2.17. The van der Waals surface area contributed by atoms with E-state index < -0.39 is 0 Å². The summed E-state index contributed by atoms with van der Waals surface area (Å²) in [6.07, 6.45) is 0. The van der Waals surface area contributed by atoms with Crippen molar-refractivity contribution in [2.75, 3.05) is 12.4 Å². The smallest absolute Gasteiger partial charge is 0.171 e. The summed E-state index contributed by atoms with van der Waals surface area (Å²) in [5, 5.41) is 7.01. The number of rotatable bonds is 4. The first-order chi connectivity index (χ1) is 9.69. The lowest BCUT2D eigenvalue weighted by atomic mass is 10.1. The van der Waals surface area contributed by atoms with Crippen LogP contribution < -0.4 is 15.4 Å². The zero-order valence-corrected chi connectivity index (χ0v) is 12.4. The van der Waals surface area contributed by atoms with Crippen LogP contribution in [0.2, 0.25) is 0 Å². The molecule has 104 valence electrons. The Hall–Kier alpha value is -2.07. The van der Waals surface area contributed by atoms with E-state index in [1.165, 1.54) is 5.56 Å². The summed E-state index contributed by atoms with van der Waals surface area (Å²) in [5.74, 6) is 0.800. The molecule has 0 saturated heterocycles. The molecule has 0 fully saturated rings. The normalized spacial score (nSPS) is 11.5. The van der Waals surface area contributed by atoms with Gasteiger partial charge in [0.15, 0.2) is 5.11 Å². The molecule has 0 radical (unpaired) electrons. The molecule has 2 rings (SSSR count). The predicted octanol–water partition coefficient (Wildman–Crippen LogP) is 3.74. The number of ether oxygens (including phenoxy) is 1. The van der Waals surface area contributed by atoms with Gasteiger partial charge in [0.25, 0.3) is 0 Å². The summed E-state index contributed by atoms with van der Waals surface area (Å²) in [7, 11) is 1.65. The van der Waals surface area contributed by atoms with Crippen molar-refractivity contribution in [2.24, 2.45) is 0 Å². The van der Waals surface area contributed by atoms with Crippen LogP contribution in [-0.4, -0.2) is 12.2 Å². The second kappa shape index (κ2) is 6.91. The quantitative estimate of drug-likeness (QED) is 0.839. The molecule has 3 nitrogen and oxygen atoms in total. The molecule has 0 aliphatic heterocycles. The molecule has 2 N–H and O–H groups in total. The molecular weight excluding hydrogens is 268 g/mol. The number of anilines is 1. The number of benzene rings is 2. The predicted molar refractivity (Wildman–Crippen MR) is 87.2 cm³/mol. The van der Waals surface area contributed by atoms with Crippen molar-refractivity contribution >= 4 is 23.0 Å². The zero-order valence-electron chi connectivity index (χ0n) is 11.6. The number of nitrogens with one attached hydrogen (secondary N) is 2. The van der Waals surface area contributed by atoms with Gasteiger partial charge < -0.3 is 15.4 Å². The minimum absolute atomic E-state index is 0.154. The third-order valence-electron chi connectivity index (χ3n) is 2.97. The SMILES string of the molecule is COc1cccc(NC(=S)N[C@H](C)c2ccccc2)c1. The van der Waals surface area contributed by atoms with E-state index in [0.29, 0.717) is 5.11 Å². The Bertz CT molecular complexity index is 572. The van der Waals surface area contributed by atoms with Crippen LogP contribution in [0.5, 0.6) is 5.75 Å². The number of hydrogen-bond donors (Lipinski definition) is 2. The van der Waals surface area contributed by atoms with Crippen LogP contribution in [0.25, 0.3) is 0 Å². The third-order valence-corrected chi connectivity index (χ3v) is 3.19. The molecule has 0 amide bonds. The summed E-state index contributed by atoms with van der Waals surface area (Å²) >= 11 is 5.33. The summed E-state index contributed by atoms with van der Waals surface area (Å²) in [6, 6.07) is 18.0. The van der Waals surface area contributed by atoms with Gasteiger partial charge in [0.05, 0.1) is 13.2 Å². The monoisotopic (exact) mass is 286 g/mol. The lowest BCUT2D eigenvalue weighted by Crippen LogP contribution is -2.30. The Kier molecular flexibility index (Phi) is 4.96. The lowest BCUT2D eigenvalue weighted by Gasteiger charge is -2.17. The largest absolute Gasteiger partial charge is 0.497 e. The van der Waals surface area contributed by atoms with Crippen molar-refractivity contribution in [3.63, 3.8) is 0 Å². The first-order valence-electron chi connectivity index (χ1n) is 6.45. The van der Waals surface area contributed by atoms with Gasteiger partial charge in [-0.15, -0.1) is 0 Å². The Balaban J connectivity index is 1.95. The number of thiocarbonyl (C=S) groups is 1. The minimum Gasteiger partial charge on any atom is -0.497 e. The van der Waals surface area contributed by atoms with Gasteiger partial charge >= 0.3 is 0 Å². The van der Waals surface area contributed by atoms with E-state index in [0.717, 1.165) is 11.4 Å². The van der Waals surface area contributed by atoms with Gasteiger partial charge in [0.1, 0.15) is 5.75 Å². The first-order valence-corrected chi connectivity index (χ1v) is 6.86. The molecule has 0 aliphatic carbocycles. The Morgan fingerprint density at radius 1 is 1.10 bits per heavy atom. The third kappa shape index (κ3) is 3.96. The zero-order chi connectivity index (χ0) is 14.4. The van der Waals surface area contributed by atoms with E-state index in [4.69, 9.17) is 17.0 Å². The molecule has 0 aromatic heterocycles. The van der Waals surface area contributed by atoms with Gasteiger partial charge in [0.2, 0.25) is 0 Å². The van der Waals surface area contributed by atoms with Crippen LogP contribution in [-0.2, 0) is 0 Å². The van der Waals surface area contributed by atoms with E-state index in [1.807, 2.05) is 42.5 Å². The molecule has 2 aromatic rings. The highest BCUT2D eigenvalue weighted by Gasteiger charge is 2.06. The van der Waals surface area contributed by atoms with Gasteiger partial charge in [-0.3, -0.25) is 0 Å². The lowest BCUT2D eigenvalue weighted by molar-refractivity contribution is 0.415. The maximum Gasteiger partial charge on any atom is 0.171 e. The van der Waals surface area contributed by atoms with Crippen LogP contribution in [0, 0.1) is 0 Å². The van der Waals surface area contributed by atoms with Gasteiger partial charge in [-0.05, 0) is 36.8 Å². The number of methoxy groups -OCH3 is 1. The average Bonchev–Trinajstić information content (AvgIpc) is 2.48. The van der Waals surface area contributed by atoms with E-state index in [9.17, 15) is 0 Å². The Morgan fingerprint density at radius 2 is 1.85 bits per heavy atom. The van der Waals surface area contributed by atoms with Gasteiger partial charge in [0, 0.05) is 11.8 Å². The fourth-order valence-electron chi connectivity index (χ4n) is 1.89. The molecule has 1 atom stereocenters. The average molecular weight is 286 g/mol. The Morgan fingerprint density at radius 3 is 2.55 bits per heavy atom. The molecule has 0 spiro atoms. The van der Waals surface area contributed by atoms with Crippen molar-refractivity contribution in [1.29, 1.82) is 0 Å². The fourth-order valence-corrected chi connectivity index (χ4v) is 2.18. The van der Waals surface area contributed by atoms with E-state index in [1.54, 1.807) is 7.11 Å². The van der Waals surface area contributed by atoms with Crippen LogP contribution in [0.1, 0.15) is 18.5 Å². The molecule has 0 unspecified atom stereocenters. The maximum atomic E-state index is 5.33. The molecule has 20 heavy (non-hydrogen) atoms. The first kappa shape index (κ1) is 14.3. The van der Waals surface area contributed by atoms with Crippen molar-refractivity contribution in [3.8, 4) is 5.75 Å². The maximum absolute atomic E-state index is 5.33. The van der Waals surface area contributed by atoms with Crippen LogP contribution in [0.15, 0.2) is 54.6 Å². The van der Waals surface area contributed by atoms with Gasteiger partial charge in [-0.1, -0.05) is 36.4 Å². The summed E-state index contributed by atoms with van der Waals surface area (Å²) in [5.41, 5.74) is 2.10. The second-order valence-electron chi connectivity index (χ2n) is 4.46. The van der Waals surface area contributed by atoms with Gasteiger partial charge in [-0.25, -0.2) is 0 Å². The topological polar surface area (TPSA) is 33.3 Å². The van der Waals surface area contributed by atoms with Crippen LogP contribution >= 0.6 is 12.2 Å². The molecule has 2 aromatic carbocycles. The highest BCUT2D eigenvalue weighted by molar-refractivity contribution is 7.80. The second-order valence-corrected chi connectivity index (χ2v) is 4.87. The minimum atomic E-state index is 0.154. The van der Waals surface area contributed by atoms with E-state index in [2.05, 4.69) is 29.7 Å². The van der Waals surface area contributed by atoms with Crippen molar-refractivity contribution < 1.29 is 4.74 Å².